The zero-order valence-corrected chi connectivity index (χ0v) is 11.1. The number of carbonyl (C=O) groups is 1. The first kappa shape index (κ1) is 13.2. The highest BCUT2D eigenvalue weighted by Gasteiger charge is 2.26. The maximum absolute atomic E-state index is 11.9. The number of amides is 1. The first-order valence-corrected chi connectivity index (χ1v) is 7.48. The van der Waals surface area contributed by atoms with Crippen LogP contribution in [0.2, 0.25) is 5.02 Å². The summed E-state index contributed by atoms with van der Waals surface area (Å²) in [6.45, 7) is 0. The van der Waals surface area contributed by atoms with Crippen LogP contribution in [-0.2, 0) is 14.6 Å². The summed E-state index contributed by atoms with van der Waals surface area (Å²) < 4.78 is 23.9. The van der Waals surface area contributed by atoms with Crippen molar-refractivity contribution in [3.63, 3.8) is 0 Å². The Balaban J connectivity index is 2.13. The predicted octanol–water partition coefficient (Wildman–Crippen LogP) is 0.974. The van der Waals surface area contributed by atoms with Crippen molar-refractivity contribution in [3.8, 4) is 0 Å². The van der Waals surface area contributed by atoms with Crippen molar-refractivity contribution in [1.82, 2.24) is 5.32 Å². The fourth-order valence-electron chi connectivity index (χ4n) is 1.45. The van der Waals surface area contributed by atoms with E-state index in [4.69, 9.17) is 17.3 Å². The zero-order valence-electron chi connectivity index (χ0n) is 9.52. The fourth-order valence-corrected chi connectivity index (χ4v) is 2.87. The van der Waals surface area contributed by atoms with Gasteiger partial charge in [-0.2, -0.15) is 0 Å². The number of hydrogen-bond acceptors (Lipinski definition) is 4. The maximum Gasteiger partial charge on any atom is 0.235 e. The molecule has 0 saturated heterocycles. The van der Waals surface area contributed by atoms with Crippen molar-refractivity contribution >= 4 is 33.0 Å². The maximum atomic E-state index is 11.9. The molecule has 0 radical (unpaired) electrons. The van der Waals surface area contributed by atoms with Gasteiger partial charge in [-0.1, -0.05) is 11.6 Å². The summed E-state index contributed by atoms with van der Waals surface area (Å²) in [7, 11) is -3.67. The number of anilines is 1. The lowest BCUT2D eigenvalue weighted by molar-refractivity contribution is -0.118. The Morgan fingerprint density at radius 1 is 1.44 bits per heavy atom. The summed E-state index contributed by atoms with van der Waals surface area (Å²) in [5, 5.41) is 2.80. The molecule has 1 aliphatic carbocycles. The minimum Gasteiger partial charge on any atom is -0.398 e. The molecule has 1 aromatic carbocycles. The van der Waals surface area contributed by atoms with Crippen LogP contribution in [0.1, 0.15) is 12.8 Å². The lowest BCUT2D eigenvalue weighted by Gasteiger charge is -2.06. The van der Waals surface area contributed by atoms with E-state index < -0.39 is 21.5 Å². The molecule has 1 amide bonds. The monoisotopic (exact) mass is 288 g/mol. The first-order chi connectivity index (χ1) is 8.38. The second kappa shape index (κ2) is 4.78. The number of benzene rings is 1. The molecule has 1 aliphatic rings. The highest BCUT2D eigenvalue weighted by atomic mass is 35.5. The molecule has 5 nitrogen and oxygen atoms in total. The number of hydrogen-bond donors (Lipinski definition) is 2. The molecule has 0 atom stereocenters. The van der Waals surface area contributed by atoms with Crippen LogP contribution in [0.4, 0.5) is 5.69 Å². The van der Waals surface area contributed by atoms with Gasteiger partial charge in [-0.25, -0.2) is 8.42 Å². The third-order valence-electron chi connectivity index (χ3n) is 2.59. The Hall–Kier alpha value is -1.27. The van der Waals surface area contributed by atoms with Gasteiger partial charge in [0.1, 0.15) is 5.75 Å². The highest BCUT2D eigenvalue weighted by Crippen LogP contribution is 2.23. The molecule has 0 aromatic heterocycles. The van der Waals surface area contributed by atoms with Crippen molar-refractivity contribution in [2.45, 2.75) is 23.8 Å². The van der Waals surface area contributed by atoms with E-state index in [2.05, 4.69) is 5.32 Å². The van der Waals surface area contributed by atoms with Crippen LogP contribution < -0.4 is 11.1 Å². The molecular weight excluding hydrogens is 276 g/mol. The van der Waals surface area contributed by atoms with E-state index >= 15 is 0 Å². The van der Waals surface area contributed by atoms with Gasteiger partial charge in [0.05, 0.1) is 15.6 Å². The van der Waals surface area contributed by atoms with Gasteiger partial charge in [0, 0.05) is 6.04 Å². The van der Waals surface area contributed by atoms with E-state index in [0.29, 0.717) is 5.69 Å². The first-order valence-electron chi connectivity index (χ1n) is 5.45. The fraction of sp³-hybridized carbons (Fsp3) is 0.364. The summed E-state index contributed by atoms with van der Waals surface area (Å²) in [5.74, 6) is -1.05. The predicted molar refractivity (Wildman–Crippen MR) is 69.1 cm³/mol. The Morgan fingerprint density at radius 3 is 2.67 bits per heavy atom. The second-order valence-electron chi connectivity index (χ2n) is 4.28. The van der Waals surface area contributed by atoms with Crippen LogP contribution in [0.25, 0.3) is 0 Å². The van der Waals surface area contributed by atoms with Crippen molar-refractivity contribution in [3.05, 3.63) is 23.2 Å². The van der Waals surface area contributed by atoms with Gasteiger partial charge in [-0.3, -0.25) is 4.79 Å². The largest absolute Gasteiger partial charge is 0.398 e. The standard InChI is InChI=1S/C11H13ClN2O3S/c12-9-5-8(3-4-10(9)13)18(16,17)6-11(15)14-7-1-2-7/h3-5,7H,1-2,6,13H2,(H,14,15). The topological polar surface area (TPSA) is 89.3 Å². The molecule has 0 heterocycles. The number of nitrogen functional groups attached to an aromatic ring is 1. The molecule has 2 rings (SSSR count). The average molecular weight is 289 g/mol. The minimum absolute atomic E-state index is 0.00708. The third-order valence-corrected chi connectivity index (χ3v) is 4.54. The molecule has 3 N–H and O–H groups in total. The van der Waals surface area contributed by atoms with Crippen molar-refractivity contribution in [2.24, 2.45) is 0 Å². The molecule has 0 unspecified atom stereocenters. The highest BCUT2D eigenvalue weighted by molar-refractivity contribution is 7.92. The van der Waals surface area contributed by atoms with Crippen LogP contribution in [-0.4, -0.2) is 26.1 Å². The summed E-state index contributed by atoms with van der Waals surface area (Å²) >= 11 is 5.76. The lowest BCUT2D eigenvalue weighted by Crippen LogP contribution is -2.31. The molecule has 0 bridgehead atoms. The van der Waals surface area contributed by atoms with Crippen LogP contribution >= 0.6 is 11.6 Å². The smallest absolute Gasteiger partial charge is 0.235 e. The van der Waals surface area contributed by atoms with Gasteiger partial charge >= 0.3 is 0 Å². The van der Waals surface area contributed by atoms with Gasteiger partial charge in [-0.05, 0) is 31.0 Å². The number of nitrogens with two attached hydrogens (primary N) is 1. The molecule has 1 aromatic rings. The SMILES string of the molecule is Nc1ccc(S(=O)(=O)CC(=O)NC2CC2)cc1Cl. The molecule has 1 saturated carbocycles. The van der Waals surface area contributed by atoms with Gasteiger partial charge in [0.25, 0.3) is 0 Å². The number of carbonyl (C=O) groups excluding carboxylic acids is 1. The van der Waals surface area contributed by atoms with E-state index in [-0.39, 0.29) is 16.0 Å². The number of nitrogens with one attached hydrogen (secondary N) is 1. The molecule has 18 heavy (non-hydrogen) atoms. The molecule has 1 fully saturated rings. The van der Waals surface area contributed by atoms with Crippen molar-refractivity contribution in [1.29, 1.82) is 0 Å². The number of rotatable bonds is 4. The van der Waals surface area contributed by atoms with E-state index in [9.17, 15) is 13.2 Å². The molecule has 98 valence electrons. The number of sulfone groups is 1. The van der Waals surface area contributed by atoms with Gasteiger partial charge in [-0.15, -0.1) is 0 Å². The van der Waals surface area contributed by atoms with Crippen LogP contribution in [0.5, 0.6) is 0 Å². The van der Waals surface area contributed by atoms with Gasteiger partial charge in [0.2, 0.25) is 5.91 Å². The van der Waals surface area contributed by atoms with E-state index in [0.717, 1.165) is 12.8 Å². The third kappa shape index (κ3) is 3.14. The second-order valence-corrected chi connectivity index (χ2v) is 6.68. The Kier molecular flexibility index (Phi) is 3.49. The Bertz CT molecular complexity index is 582. The molecular formula is C11H13ClN2O3S. The van der Waals surface area contributed by atoms with Gasteiger partial charge in [0.15, 0.2) is 9.84 Å². The summed E-state index contributed by atoms with van der Waals surface area (Å²) in [5.41, 5.74) is 5.81. The summed E-state index contributed by atoms with van der Waals surface area (Å²) in [4.78, 5) is 11.5. The van der Waals surface area contributed by atoms with E-state index in [1.165, 1.54) is 18.2 Å². The molecule has 0 aliphatic heterocycles. The molecule has 7 heteroatoms. The van der Waals surface area contributed by atoms with Crippen LogP contribution in [0, 0.1) is 0 Å². The Labute approximate surface area is 110 Å². The van der Waals surface area contributed by atoms with E-state index in [1.807, 2.05) is 0 Å². The quantitative estimate of drug-likeness (QED) is 0.808. The average Bonchev–Trinajstić information content (AvgIpc) is 3.04. The van der Waals surface area contributed by atoms with Gasteiger partial charge < -0.3 is 11.1 Å². The summed E-state index contributed by atoms with van der Waals surface area (Å²) in [6.07, 6.45) is 1.83. The number of halogens is 1. The van der Waals surface area contributed by atoms with E-state index in [1.54, 1.807) is 0 Å². The normalized spacial score (nSPS) is 15.4. The lowest BCUT2D eigenvalue weighted by atomic mass is 10.3. The van der Waals surface area contributed by atoms with Crippen LogP contribution in [0.3, 0.4) is 0 Å². The summed E-state index contributed by atoms with van der Waals surface area (Å²) in [6, 6.07) is 4.16. The van der Waals surface area contributed by atoms with Crippen molar-refractivity contribution in [2.75, 3.05) is 11.5 Å². The molecule has 0 spiro atoms. The Morgan fingerprint density at radius 2 is 2.11 bits per heavy atom. The minimum atomic E-state index is -3.67. The van der Waals surface area contributed by atoms with Crippen LogP contribution in [0.15, 0.2) is 23.1 Å². The van der Waals surface area contributed by atoms with Crippen molar-refractivity contribution < 1.29 is 13.2 Å². The zero-order chi connectivity index (χ0) is 13.3.